The third-order valence-electron chi connectivity index (χ3n) is 4.96. The van der Waals surface area contributed by atoms with E-state index in [1.54, 1.807) is 24.4 Å². The van der Waals surface area contributed by atoms with Crippen LogP contribution in [-0.2, 0) is 17.6 Å². The number of aromatic nitrogens is 2. The van der Waals surface area contributed by atoms with Gasteiger partial charge in [0.25, 0.3) is 5.91 Å². The number of hydrogen-bond acceptors (Lipinski definition) is 6. The zero-order valence-electron chi connectivity index (χ0n) is 15.4. The first kappa shape index (κ1) is 17.7. The standard InChI is InChI=1S/C20H23N3O4/c1-25-17-3-2-15-8-14(13-27-19(15)10-17)9-16-11-21-12-18(22-16)20(24)23-4-6-26-7-5-23/h2-3,10-12,14H,4-9,13H2,1H3/t14-/m1/s1. The fourth-order valence-corrected chi connectivity index (χ4v) is 3.51. The Labute approximate surface area is 158 Å². The van der Waals surface area contributed by atoms with Crippen molar-refractivity contribution >= 4 is 5.91 Å². The predicted octanol–water partition coefficient (Wildman–Crippen LogP) is 1.75. The van der Waals surface area contributed by atoms with Gasteiger partial charge in [-0.3, -0.25) is 9.78 Å². The van der Waals surface area contributed by atoms with Crippen LogP contribution in [0.2, 0.25) is 0 Å². The van der Waals surface area contributed by atoms with Gasteiger partial charge in [0.2, 0.25) is 0 Å². The number of carbonyl (C=O) groups excluding carboxylic acids is 1. The van der Waals surface area contributed by atoms with Gasteiger partial charge in [-0.15, -0.1) is 0 Å². The van der Waals surface area contributed by atoms with Crippen LogP contribution in [0.5, 0.6) is 11.5 Å². The van der Waals surface area contributed by atoms with Gasteiger partial charge in [-0.05, 0) is 24.5 Å². The summed E-state index contributed by atoms with van der Waals surface area (Å²) in [4.78, 5) is 23.2. The van der Waals surface area contributed by atoms with Crippen molar-refractivity contribution in [1.82, 2.24) is 14.9 Å². The van der Waals surface area contributed by atoms with Crippen molar-refractivity contribution in [2.45, 2.75) is 12.8 Å². The minimum atomic E-state index is -0.0787. The molecule has 142 valence electrons. The number of nitrogens with zero attached hydrogens (tertiary/aromatic N) is 3. The largest absolute Gasteiger partial charge is 0.497 e. The second kappa shape index (κ2) is 7.92. The molecule has 0 radical (unpaired) electrons. The fourth-order valence-electron chi connectivity index (χ4n) is 3.51. The Morgan fingerprint density at radius 1 is 1.30 bits per heavy atom. The Bertz CT molecular complexity index is 821. The van der Waals surface area contributed by atoms with Gasteiger partial charge in [-0.1, -0.05) is 6.07 Å². The predicted molar refractivity (Wildman–Crippen MR) is 98.1 cm³/mol. The highest BCUT2D eigenvalue weighted by molar-refractivity contribution is 5.92. The van der Waals surface area contributed by atoms with Crippen LogP contribution in [0, 0.1) is 5.92 Å². The van der Waals surface area contributed by atoms with E-state index in [0.717, 1.165) is 30.0 Å². The minimum Gasteiger partial charge on any atom is -0.497 e. The molecule has 3 heterocycles. The molecule has 2 aromatic rings. The SMILES string of the molecule is COc1ccc2c(c1)OC[C@@H](Cc1cncc(C(=O)N3CCOCC3)n1)C2. The van der Waals surface area contributed by atoms with Gasteiger partial charge in [0.05, 0.1) is 38.8 Å². The molecule has 0 N–H and O–H groups in total. The van der Waals surface area contributed by atoms with E-state index in [9.17, 15) is 4.79 Å². The van der Waals surface area contributed by atoms with Crippen LogP contribution in [0.25, 0.3) is 0 Å². The molecule has 7 nitrogen and oxygen atoms in total. The average Bonchev–Trinajstić information content (AvgIpc) is 2.73. The van der Waals surface area contributed by atoms with Gasteiger partial charge >= 0.3 is 0 Å². The van der Waals surface area contributed by atoms with Crippen LogP contribution in [0.15, 0.2) is 30.6 Å². The number of rotatable bonds is 4. The van der Waals surface area contributed by atoms with Crippen LogP contribution >= 0.6 is 0 Å². The van der Waals surface area contributed by atoms with Crippen molar-refractivity contribution in [3.63, 3.8) is 0 Å². The molecule has 7 heteroatoms. The number of morpholine rings is 1. The summed E-state index contributed by atoms with van der Waals surface area (Å²) in [6, 6.07) is 5.92. The molecular weight excluding hydrogens is 346 g/mol. The third-order valence-corrected chi connectivity index (χ3v) is 4.96. The highest BCUT2D eigenvalue weighted by atomic mass is 16.5. The number of amides is 1. The first-order valence-corrected chi connectivity index (χ1v) is 9.20. The molecule has 0 spiro atoms. The lowest BCUT2D eigenvalue weighted by Crippen LogP contribution is -2.41. The monoisotopic (exact) mass is 369 g/mol. The van der Waals surface area contributed by atoms with Crippen molar-refractivity contribution in [2.75, 3.05) is 40.0 Å². The Morgan fingerprint density at radius 2 is 2.15 bits per heavy atom. The summed E-state index contributed by atoms with van der Waals surface area (Å²) in [6.45, 7) is 2.96. The maximum atomic E-state index is 12.6. The molecule has 0 bridgehead atoms. The average molecular weight is 369 g/mol. The summed E-state index contributed by atoms with van der Waals surface area (Å²) in [5.41, 5.74) is 2.39. The highest BCUT2D eigenvalue weighted by Gasteiger charge is 2.23. The van der Waals surface area contributed by atoms with Gasteiger partial charge in [-0.2, -0.15) is 0 Å². The van der Waals surface area contributed by atoms with E-state index in [0.29, 0.717) is 44.5 Å². The van der Waals surface area contributed by atoms with E-state index in [-0.39, 0.29) is 5.91 Å². The number of hydrogen-bond donors (Lipinski definition) is 0. The van der Waals surface area contributed by atoms with Crippen LogP contribution in [0.4, 0.5) is 0 Å². The zero-order chi connectivity index (χ0) is 18.6. The van der Waals surface area contributed by atoms with Gasteiger partial charge in [0.1, 0.15) is 17.2 Å². The summed E-state index contributed by atoms with van der Waals surface area (Å²) in [6.07, 6.45) is 4.91. The Kier molecular flexibility index (Phi) is 5.20. The Balaban J connectivity index is 1.43. The maximum Gasteiger partial charge on any atom is 0.274 e. The number of methoxy groups -OCH3 is 1. The van der Waals surface area contributed by atoms with E-state index in [1.165, 1.54) is 5.56 Å². The summed E-state index contributed by atoms with van der Waals surface area (Å²) in [5.74, 6) is 1.90. The number of fused-ring (bicyclic) bond motifs is 1. The van der Waals surface area contributed by atoms with E-state index in [4.69, 9.17) is 14.2 Å². The molecule has 2 aliphatic rings. The maximum absolute atomic E-state index is 12.6. The molecule has 1 atom stereocenters. The molecule has 0 aliphatic carbocycles. The summed E-state index contributed by atoms with van der Waals surface area (Å²) < 4.78 is 16.5. The normalized spacial score (nSPS) is 19.1. The van der Waals surface area contributed by atoms with E-state index >= 15 is 0 Å². The van der Waals surface area contributed by atoms with E-state index in [2.05, 4.69) is 9.97 Å². The van der Waals surface area contributed by atoms with Crippen molar-refractivity contribution < 1.29 is 19.0 Å². The molecule has 0 saturated carbocycles. The van der Waals surface area contributed by atoms with Crippen LogP contribution in [0.1, 0.15) is 21.7 Å². The molecule has 1 aromatic heterocycles. The van der Waals surface area contributed by atoms with E-state index in [1.807, 2.05) is 18.2 Å². The Hall–Kier alpha value is -2.67. The first-order valence-electron chi connectivity index (χ1n) is 9.20. The first-order chi connectivity index (χ1) is 13.2. The lowest BCUT2D eigenvalue weighted by molar-refractivity contribution is 0.0298. The molecule has 0 unspecified atom stereocenters. The lowest BCUT2D eigenvalue weighted by atomic mass is 9.93. The second-order valence-electron chi connectivity index (χ2n) is 6.86. The molecule has 1 saturated heterocycles. The van der Waals surface area contributed by atoms with Crippen LogP contribution in [0.3, 0.4) is 0 Å². The summed E-state index contributed by atoms with van der Waals surface area (Å²) in [5, 5.41) is 0. The minimum absolute atomic E-state index is 0.0787. The van der Waals surface area contributed by atoms with Gasteiger partial charge in [0.15, 0.2) is 0 Å². The van der Waals surface area contributed by atoms with Gasteiger partial charge < -0.3 is 19.1 Å². The van der Waals surface area contributed by atoms with Gasteiger partial charge in [-0.25, -0.2) is 4.98 Å². The Morgan fingerprint density at radius 3 is 2.96 bits per heavy atom. The molecule has 4 rings (SSSR count). The van der Waals surface area contributed by atoms with Crippen molar-refractivity contribution in [2.24, 2.45) is 5.92 Å². The molecule has 1 fully saturated rings. The molecule has 27 heavy (non-hydrogen) atoms. The van der Waals surface area contributed by atoms with Gasteiger partial charge in [0, 0.05) is 31.3 Å². The second-order valence-corrected chi connectivity index (χ2v) is 6.86. The highest BCUT2D eigenvalue weighted by Crippen LogP contribution is 2.31. The summed E-state index contributed by atoms with van der Waals surface area (Å²) in [7, 11) is 1.65. The molecule has 2 aliphatic heterocycles. The number of benzene rings is 1. The van der Waals surface area contributed by atoms with E-state index < -0.39 is 0 Å². The summed E-state index contributed by atoms with van der Waals surface area (Å²) >= 11 is 0. The molecule has 1 amide bonds. The zero-order valence-corrected chi connectivity index (χ0v) is 15.4. The number of ether oxygens (including phenoxy) is 3. The smallest absolute Gasteiger partial charge is 0.274 e. The quantitative estimate of drug-likeness (QED) is 0.818. The van der Waals surface area contributed by atoms with Crippen molar-refractivity contribution in [3.05, 3.63) is 47.5 Å². The lowest BCUT2D eigenvalue weighted by Gasteiger charge is -2.27. The fraction of sp³-hybridized carbons (Fsp3) is 0.450. The number of carbonyl (C=O) groups is 1. The molecular formula is C20H23N3O4. The van der Waals surface area contributed by atoms with Crippen molar-refractivity contribution in [1.29, 1.82) is 0 Å². The topological polar surface area (TPSA) is 73.8 Å². The van der Waals surface area contributed by atoms with Crippen LogP contribution in [-0.4, -0.2) is 60.8 Å². The molecule has 1 aromatic carbocycles. The van der Waals surface area contributed by atoms with Crippen molar-refractivity contribution in [3.8, 4) is 11.5 Å². The van der Waals surface area contributed by atoms with Crippen LogP contribution < -0.4 is 9.47 Å². The third kappa shape index (κ3) is 4.03.